The van der Waals surface area contributed by atoms with Crippen molar-refractivity contribution < 1.29 is 13.0 Å². The highest BCUT2D eigenvalue weighted by atomic mass is 32.2. The van der Waals surface area contributed by atoms with Crippen LogP contribution in [0.5, 0.6) is 0 Å². The van der Waals surface area contributed by atoms with Gasteiger partial charge in [-0.25, -0.2) is 28.2 Å². The molecule has 0 bridgehead atoms. The summed E-state index contributed by atoms with van der Waals surface area (Å²) < 4.78 is 42.0. The van der Waals surface area contributed by atoms with Crippen LogP contribution in [0.4, 0.5) is 14.6 Å². The Hall–Kier alpha value is -2.57. The minimum Gasteiger partial charge on any atom is -0.353 e. The van der Waals surface area contributed by atoms with Crippen molar-refractivity contribution in [2.45, 2.75) is 31.9 Å². The molecule has 2 unspecified atom stereocenters. The molecule has 0 aromatic carbocycles. The van der Waals surface area contributed by atoms with Gasteiger partial charge in [0.15, 0.2) is 5.65 Å². The van der Waals surface area contributed by atoms with E-state index in [0.29, 0.717) is 42.5 Å². The first kappa shape index (κ1) is 21.7. The van der Waals surface area contributed by atoms with Crippen LogP contribution in [0, 0.1) is 0 Å². The van der Waals surface area contributed by atoms with Crippen molar-refractivity contribution in [1.29, 1.82) is 0 Å². The summed E-state index contributed by atoms with van der Waals surface area (Å²) in [5, 5.41) is 7.57. The van der Waals surface area contributed by atoms with Gasteiger partial charge in [0.05, 0.1) is 18.4 Å². The van der Waals surface area contributed by atoms with Gasteiger partial charge in [0, 0.05) is 30.7 Å². The third-order valence-electron chi connectivity index (χ3n) is 5.03. The van der Waals surface area contributed by atoms with E-state index < -0.39 is 17.4 Å². The van der Waals surface area contributed by atoms with Crippen molar-refractivity contribution in [2.75, 3.05) is 30.8 Å². The van der Waals surface area contributed by atoms with Crippen molar-refractivity contribution >= 4 is 22.5 Å². The fraction of sp³-hybridized carbons (Fsp3) is 0.474. The molecule has 31 heavy (non-hydrogen) atoms. The van der Waals surface area contributed by atoms with Gasteiger partial charge in [0.1, 0.15) is 40.8 Å². The number of thiol groups is 1. The molecule has 3 aromatic heterocycles. The molecule has 12 heteroatoms. The predicted molar refractivity (Wildman–Crippen MR) is 116 cm³/mol. The second kappa shape index (κ2) is 8.52. The lowest BCUT2D eigenvalue weighted by molar-refractivity contribution is 0.144. The Morgan fingerprint density at radius 3 is 2.87 bits per heavy atom. The second-order valence-electron chi connectivity index (χ2n) is 8.20. The molecule has 1 saturated heterocycles. The molecular formula is C19H25F2N8OS+. The number of alkyl halides is 2. The molecule has 9 nitrogen and oxygen atoms in total. The molecule has 1 aliphatic rings. The first-order chi connectivity index (χ1) is 14.7. The molecule has 0 saturated carbocycles. The fourth-order valence-electron chi connectivity index (χ4n) is 3.82. The zero-order valence-corrected chi connectivity index (χ0v) is 18.4. The van der Waals surface area contributed by atoms with E-state index in [0.717, 1.165) is 0 Å². The number of aromatic nitrogens is 5. The minimum absolute atomic E-state index is 0.0760. The van der Waals surface area contributed by atoms with E-state index in [1.54, 1.807) is 12.5 Å². The number of anilines is 1. The number of nitrogens with zero attached hydrogens (tertiary/aromatic N) is 6. The van der Waals surface area contributed by atoms with Crippen LogP contribution in [0.25, 0.3) is 17.0 Å². The number of piperazine rings is 1. The summed E-state index contributed by atoms with van der Waals surface area (Å²) in [6, 6.07) is 4.66. The SMILES string of the molecule is C[SH+](=O)NCC1CN(c2cc(-c3cnc4ccc(C(F)F)nn34)ncn2)CC(C)(C)N1. The van der Waals surface area contributed by atoms with E-state index in [1.165, 1.54) is 23.0 Å². The van der Waals surface area contributed by atoms with Gasteiger partial charge >= 0.3 is 0 Å². The highest BCUT2D eigenvalue weighted by Gasteiger charge is 2.33. The third-order valence-corrected chi connectivity index (χ3v) is 5.66. The van der Waals surface area contributed by atoms with E-state index in [1.807, 2.05) is 6.07 Å². The smallest absolute Gasteiger partial charge is 0.282 e. The summed E-state index contributed by atoms with van der Waals surface area (Å²) in [5.41, 5.74) is 1.000. The molecule has 1 fully saturated rings. The van der Waals surface area contributed by atoms with E-state index in [4.69, 9.17) is 0 Å². The number of nitrogens with one attached hydrogen (secondary N) is 2. The van der Waals surface area contributed by atoms with Crippen LogP contribution in [0.1, 0.15) is 26.0 Å². The third kappa shape index (κ3) is 4.86. The predicted octanol–water partition coefficient (Wildman–Crippen LogP) is 1.51. The van der Waals surface area contributed by atoms with Gasteiger partial charge in [-0.15, -0.1) is 4.72 Å². The quantitative estimate of drug-likeness (QED) is 0.433. The van der Waals surface area contributed by atoms with Gasteiger partial charge in [-0.05, 0) is 26.0 Å². The molecule has 2 atom stereocenters. The molecule has 2 N–H and O–H groups in total. The molecule has 1 aliphatic heterocycles. The Bertz CT molecular complexity index is 1110. The van der Waals surface area contributed by atoms with E-state index >= 15 is 0 Å². The Balaban J connectivity index is 1.64. The maximum atomic E-state index is 13.1. The Morgan fingerprint density at radius 1 is 1.32 bits per heavy atom. The first-order valence-corrected chi connectivity index (χ1v) is 11.5. The summed E-state index contributed by atoms with van der Waals surface area (Å²) >= 11 is 0. The molecule has 0 radical (unpaired) electrons. The lowest BCUT2D eigenvalue weighted by Crippen LogP contribution is -2.64. The van der Waals surface area contributed by atoms with Gasteiger partial charge in [-0.3, -0.25) is 0 Å². The van der Waals surface area contributed by atoms with Crippen molar-refractivity contribution in [3.63, 3.8) is 0 Å². The van der Waals surface area contributed by atoms with Crippen molar-refractivity contribution in [3.8, 4) is 11.4 Å². The van der Waals surface area contributed by atoms with Gasteiger partial charge in [0.25, 0.3) is 6.43 Å². The van der Waals surface area contributed by atoms with E-state index in [-0.39, 0.29) is 17.3 Å². The molecule has 3 aromatic rings. The number of imidazole rings is 1. The van der Waals surface area contributed by atoms with Crippen LogP contribution >= 0.6 is 0 Å². The molecule has 0 aliphatic carbocycles. The van der Waals surface area contributed by atoms with Crippen LogP contribution in [0.3, 0.4) is 0 Å². The average molecular weight is 452 g/mol. The highest BCUT2D eigenvalue weighted by Crippen LogP contribution is 2.25. The van der Waals surface area contributed by atoms with Crippen molar-refractivity contribution in [3.05, 3.63) is 36.4 Å². The number of hydrogen-bond acceptors (Lipinski definition) is 7. The maximum absolute atomic E-state index is 13.1. The molecule has 0 spiro atoms. The van der Waals surface area contributed by atoms with Gasteiger partial charge in [0.2, 0.25) is 0 Å². The summed E-state index contributed by atoms with van der Waals surface area (Å²) in [5.74, 6) is 0.713. The zero-order chi connectivity index (χ0) is 22.2. The second-order valence-corrected chi connectivity index (χ2v) is 9.51. The summed E-state index contributed by atoms with van der Waals surface area (Å²) in [6.07, 6.45) is 1.98. The minimum atomic E-state index is -2.67. The Kier molecular flexibility index (Phi) is 5.95. The van der Waals surface area contributed by atoms with E-state index in [2.05, 4.69) is 48.8 Å². The topological polar surface area (TPSA) is 100 Å². The molecule has 4 rings (SSSR count). The van der Waals surface area contributed by atoms with Crippen LogP contribution in [-0.2, 0) is 15.2 Å². The Labute approximate surface area is 180 Å². The molecular weight excluding hydrogens is 426 g/mol. The largest absolute Gasteiger partial charge is 0.353 e. The summed E-state index contributed by atoms with van der Waals surface area (Å²) in [6.45, 7) is 6.13. The van der Waals surface area contributed by atoms with Gasteiger partial charge < -0.3 is 10.2 Å². The Morgan fingerprint density at radius 2 is 2.13 bits per heavy atom. The highest BCUT2D eigenvalue weighted by molar-refractivity contribution is 7.82. The van der Waals surface area contributed by atoms with E-state index in [9.17, 15) is 13.0 Å². The standard InChI is InChI=1S/C19H24F2N8OS/c1-19(2)10-28(9-12(26-19)7-25-31(3)30)17-6-14(23-11-24-17)15-8-22-16-5-4-13(18(20)21)27-29(15)16/h4-6,8,11-12,18,26H,7,9-10H2,1-3H3,(H,25,30)/p+1. The zero-order valence-electron chi connectivity index (χ0n) is 17.5. The number of halogens is 2. The molecule has 166 valence electrons. The van der Waals surface area contributed by atoms with Gasteiger partial charge in [-0.1, -0.05) is 4.21 Å². The fourth-order valence-corrected chi connectivity index (χ4v) is 4.30. The number of fused-ring (bicyclic) bond motifs is 1. The molecule has 0 amide bonds. The number of hydrogen-bond donors (Lipinski definition) is 2. The summed E-state index contributed by atoms with van der Waals surface area (Å²) in [4.78, 5) is 15.1. The first-order valence-electron chi connectivity index (χ1n) is 9.84. The van der Waals surface area contributed by atoms with Crippen molar-refractivity contribution in [1.82, 2.24) is 34.6 Å². The lowest BCUT2D eigenvalue weighted by Gasteiger charge is -2.44. The molecule has 4 heterocycles. The average Bonchev–Trinajstić information content (AvgIpc) is 3.14. The number of rotatable bonds is 6. The van der Waals surface area contributed by atoms with Gasteiger partial charge in [-0.2, -0.15) is 5.10 Å². The van der Waals surface area contributed by atoms with Crippen molar-refractivity contribution in [2.24, 2.45) is 0 Å². The van der Waals surface area contributed by atoms with Crippen LogP contribution in [0.2, 0.25) is 0 Å². The monoisotopic (exact) mass is 451 g/mol. The summed E-state index contributed by atoms with van der Waals surface area (Å²) in [7, 11) is -1.43. The van der Waals surface area contributed by atoms with Crippen LogP contribution in [-0.4, -0.2) is 62.0 Å². The van der Waals surface area contributed by atoms with Crippen LogP contribution in [0.15, 0.2) is 30.7 Å². The van der Waals surface area contributed by atoms with Crippen LogP contribution < -0.4 is 14.9 Å². The normalized spacial score (nSPS) is 19.8. The lowest BCUT2D eigenvalue weighted by atomic mass is 9.98. The maximum Gasteiger partial charge on any atom is 0.282 e.